The Morgan fingerprint density at radius 3 is 2.00 bits per heavy atom. The van der Waals surface area contributed by atoms with E-state index >= 15 is 0 Å². The zero-order valence-corrected chi connectivity index (χ0v) is 16.5. The molecule has 2 nitrogen and oxygen atoms in total. The van der Waals surface area contributed by atoms with Crippen molar-refractivity contribution in [2.45, 2.75) is 64.9 Å². The third kappa shape index (κ3) is 11.8. The molecule has 4 heteroatoms. The second kappa shape index (κ2) is 13.6. The number of ether oxygens (including phenoxy) is 1. The van der Waals surface area contributed by atoms with E-state index < -0.39 is 0 Å². The highest BCUT2D eigenvalue weighted by atomic mass is 35.5. The molecule has 0 saturated heterocycles. The maximum atomic E-state index is 12.8. The first-order valence-corrected chi connectivity index (χ1v) is 9.18. The average molecular weight is 360 g/mol. The summed E-state index contributed by atoms with van der Waals surface area (Å²) < 4.78 is 19.5. The third-order valence-corrected chi connectivity index (χ3v) is 4.24. The van der Waals surface area contributed by atoms with Crippen LogP contribution in [0.25, 0.3) is 0 Å². The molecular weight excluding hydrogens is 325 g/mol. The highest BCUT2D eigenvalue weighted by Crippen LogP contribution is 2.11. The summed E-state index contributed by atoms with van der Waals surface area (Å²) in [5.74, 6) is -0.195. The molecule has 1 aromatic rings. The van der Waals surface area contributed by atoms with Gasteiger partial charge < -0.3 is 21.6 Å². The van der Waals surface area contributed by atoms with Gasteiger partial charge >= 0.3 is 0 Å². The molecule has 0 radical (unpaired) electrons. The molecule has 0 atom stereocenters. The van der Waals surface area contributed by atoms with Gasteiger partial charge in [0.2, 0.25) is 0 Å². The van der Waals surface area contributed by atoms with E-state index in [-0.39, 0.29) is 18.2 Å². The van der Waals surface area contributed by atoms with E-state index in [1.807, 2.05) is 0 Å². The Labute approximate surface area is 154 Å². The summed E-state index contributed by atoms with van der Waals surface area (Å²) in [6, 6.07) is 6.54. The predicted octanol–water partition coefficient (Wildman–Crippen LogP) is 2.52. The van der Waals surface area contributed by atoms with Crippen molar-refractivity contribution in [3.05, 3.63) is 35.6 Å². The minimum absolute atomic E-state index is 0. The van der Waals surface area contributed by atoms with Gasteiger partial charge in [0.15, 0.2) is 6.73 Å². The van der Waals surface area contributed by atoms with Crippen LogP contribution in [0, 0.1) is 5.82 Å². The minimum Gasteiger partial charge on any atom is -1.00 e. The van der Waals surface area contributed by atoms with Crippen molar-refractivity contribution in [3.63, 3.8) is 0 Å². The molecule has 0 heterocycles. The van der Waals surface area contributed by atoms with Gasteiger partial charge in [0.25, 0.3) is 0 Å². The predicted molar refractivity (Wildman–Crippen MR) is 95.6 cm³/mol. The van der Waals surface area contributed by atoms with E-state index in [0.717, 1.165) is 16.6 Å². The van der Waals surface area contributed by atoms with Crippen molar-refractivity contribution >= 4 is 0 Å². The SMILES string of the molecule is CCCCCCCCCC[N+](C)(C)COCc1ccc(F)cc1.[Cl-]. The molecule has 24 heavy (non-hydrogen) atoms. The van der Waals surface area contributed by atoms with Crippen LogP contribution in [0.1, 0.15) is 63.9 Å². The molecule has 0 amide bonds. The maximum absolute atomic E-state index is 12.8. The average Bonchev–Trinajstić information content (AvgIpc) is 2.52. The zero-order valence-electron chi connectivity index (χ0n) is 15.7. The zero-order chi connectivity index (χ0) is 17.0. The van der Waals surface area contributed by atoms with E-state index in [1.165, 1.54) is 63.5 Å². The fourth-order valence-corrected chi connectivity index (χ4v) is 2.73. The van der Waals surface area contributed by atoms with Crippen molar-refractivity contribution in [3.8, 4) is 0 Å². The normalized spacial score (nSPS) is 11.3. The van der Waals surface area contributed by atoms with E-state index in [1.54, 1.807) is 12.1 Å². The lowest BCUT2D eigenvalue weighted by Gasteiger charge is -2.29. The van der Waals surface area contributed by atoms with E-state index in [0.29, 0.717) is 13.3 Å². The van der Waals surface area contributed by atoms with Crippen LogP contribution >= 0.6 is 0 Å². The molecule has 0 bridgehead atoms. The quantitative estimate of drug-likeness (QED) is 0.299. The maximum Gasteiger partial charge on any atom is 0.183 e. The van der Waals surface area contributed by atoms with Gasteiger partial charge in [0, 0.05) is 0 Å². The third-order valence-electron chi connectivity index (χ3n) is 4.24. The molecule has 1 rings (SSSR count). The van der Waals surface area contributed by atoms with Crippen LogP contribution in [-0.2, 0) is 11.3 Å². The molecule has 0 spiro atoms. The topological polar surface area (TPSA) is 9.23 Å². The van der Waals surface area contributed by atoms with Crippen LogP contribution in [0.4, 0.5) is 4.39 Å². The molecule has 0 aliphatic rings. The second-order valence-corrected chi connectivity index (χ2v) is 7.24. The van der Waals surface area contributed by atoms with E-state index in [2.05, 4.69) is 21.0 Å². The highest BCUT2D eigenvalue weighted by Gasteiger charge is 2.14. The van der Waals surface area contributed by atoms with Crippen LogP contribution in [0.15, 0.2) is 24.3 Å². The molecule has 0 aliphatic heterocycles. The summed E-state index contributed by atoms with van der Waals surface area (Å²) in [5, 5.41) is 0. The van der Waals surface area contributed by atoms with Crippen LogP contribution in [0.3, 0.4) is 0 Å². The Morgan fingerprint density at radius 1 is 0.875 bits per heavy atom. The first-order chi connectivity index (χ1) is 11.0. The second-order valence-electron chi connectivity index (χ2n) is 7.24. The van der Waals surface area contributed by atoms with E-state index in [4.69, 9.17) is 4.74 Å². The molecule has 0 unspecified atom stereocenters. The van der Waals surface area contributed by atoms with Gasteiger partial charge in [-0.1, -0.05) is 57.6 Å². The largest absolute Gasteiger partial charge is 1.00 e. The van der Waals surface area contributed by atoms with Crippen LogP contribution < -0.4 is 12.4 Å². The molecule has 1 aromatic carbocycles. The monoisotopic (exact) mass is 359 g/mol. The Bertz CT molecular complexity index is 409. The Balaban J connectivity index is 0.00000529. The minimum atomic E-state index is -0.195. The number of benzene rings is 1. The van der Waals surface area contributed by atoms with Crippen molar-refractivity contribution < 1.29 is 26.0 Å². The standard InChI is InChI=1S/C20H35FNO.ClH/c1-4-5-6-7-8-9-10-11-16-22(2,3)18-23-17-19-12-14-20(21)15-13-19;/h12-15H,4-11,16-18H2,1-3H3;1H/q+1;/p-1. The van der Waals surface area contributed by atoms with Crippen molar-refractivity contribution in [2.75, 3.05) is 27.4 Å². The summed E-state index contributed by atoms with van der Waals surface area (Å²) in [6.07, 6.45) is 10.8. The Morgan fingerprint density at radius 2 is 1.42 bits per heavy atom. The lowest BCUT2D eigenvalue weighted by molar-refractivity contribution is -0.910. The number of rotatable bonds is 13. The number of unbranched alkanes of at least 4 members (excludes halogenated alkanes) is 7. The fraction of sp³-hybridized carbons (Fsp3) is 0.700. The van der Waals surface area contributed by atoms with Crippen LogP contribution in [0.2, 0.25) is 0 Å². The molecule has 0 N–H and O–H groups in total. The summed E-state index contributed by atoms with van der Waals surface area (Å²) in [6.45, 7) is 4.67. The molecule has 0 aliphatic carbocycles. The Kier molecular flexibility index (Phi) is 13.3. The number of halogens is 2. The molecule has 140 valence electrons. The van der Waals surface area contributed by atoms with Crippen LogP contribution in [0.5, 0.6) is 0 Å². The number of nitrogens with zero attached hydrogens (tertiary/aromatic N) is 1. The van der Waals surface area contributed by atoms with Gasteiger partial charge in [0.05, 0.1) is 27.2 Å². The summed E-state index contributed by atoms with van der Waals surface area (Å²) in [5.41, 5.74) is 1.03. The van der Waals surface area contributed by atoms with Crippen molar-refractivity contribution in [2.24, 2.45) is 0 Å². The molecule has 0 saturated carbocycles. The Hall–Kier alpha value is -0.640. The molecule has 0 aromatic heterocycles. The van der Waals surface area contributed by atoms with Gasteiger partial charge in [-0.05, 0) is 30.5 Å². The summed E-state index contributed by atoms with van der Waals surface area (Å²) in [7, 11) is 4.43. The summed E-state index contributed by atoms with van der Waals surface area (Å²) in [4.78, 5) is 0. The van der Waals surface area contributed by atoms with E-state index in [9.17, 15) is 4.39 Å². The van der Waals surface area contributed by atoms with Gasteiger partial charge in [-0.2, -0.15) is 0 Å². The molecular formula is C20H35ClFNO. The first kappa shape index (κ1) is 23.4. The fourth-order valence-electron chi connectivity index (χ4n) is 2.73. The van der Waals surface area contributed by atoms with Gasteiger partial charge in [0.1, 0.15) is 5.82 Å². The number of quaternary nitrogens is 1. The van der Waals surface area contributed by atoms with Gasteiger partial charge in [-0.25, -0.2) is 4.39 Å². The first-order valence-electron chi connectivity index (χ1n) is 9.18. The van der Waals surface area contributed by atoms with Gasteiger partial charge in [-0.3, -0.25) is 0 Å². The summed E-state index contributed by atoms with van der Waals surface area (Å²) >= 11 is 0. The molecule has 0 fully saturated rings. The smallest absolute Gasteiger partial charge is 0.183 e. The number of hydrogen-bond acceptors (Lipinski definition) is 1. The number of hydrogen-bond donors (Lipinski definition) is 0. The lowest BCUT2D eigenvalue weighted by Crippen LogP contribution is -3.00. The van der Waals surface area contributed by atoms with Crippen molar-refractivity contribution in [1.29, 1.82) is 0 Å². The van der Waals surface area contributed by atoms with Crippen LogP contribution in [-0.4, -0.2) is 31.9 Å². The van der Waals surface area contributed by atoms with Gasteiger partial charge in [-0.15, -0.1) is 0 Å². The highest BCUT2D eigenvalue weighted by molar-refractivity contribution is 5.14. The lowest BCUT2D eigenvalue weighted by atomic mass is 10.1. The van der Waals surface area contributed by atoms with Crippen molar-refractivity contribution in [1.82, 2.24) is 0 Å².